The fraction of sp³-hybridized carbons (Fsp3) is 1.00. The van der Waals surface area contributed by atoms with Gasteiger partial charge in [-0.15, -0.1) is 0 Å². The SMILES string of the molecule is CCC1CNC(CC)(CC)CN1CCOC1CCCC1. The third kappa shape index (κ3) is 3.96. The molecule has 0 aromatic rings. The summed E-state index contributed by atoms with van der Waals surface area (Å²) in [6.45, 7) is 11.3. The second-order valence-electron chi connectivity index (χ2n) is 6.68. The lowest BCUT2D eigenvalue weighted by Crippen LogP contribution is -2.64. The molecule has 0 spiro atoms. The maximum absolute atomic E-state index is 6.07. The molecular weight excluding hydrogens is 248 g/mol. The maximum Gasteiger partial charge on any atom is 0.0597 e. The van der Waals surface area contributed by atoms with Crippen molar-refractivity contribution < 1.29 is 4.74 Å². The van der Waals surface area contributed by atoms with Crippen LogP contribution in [0.5, 0.6) is 0 Å². The summed E-state index contributed by atoms with van der Waals surface area (Å²) in [6.07, 6.45) is 9.54. The summed E-state index contributed by atoms with van der Waals surface area (Å²) >= 11 is 0. The van der Waals surface area contributed by atoms with Gasteiger partial charge in [-0.3, -0.25) is 4.90 Å². The van der Waals surface area contributed by atoms with E-state index in [1.165, 1.54) is 51.5 Å². The molecule has 1 saturated carbocycles. The van der Waals surface area contributed by atoms with E-state index in [1.807, 2.05) is 0 Å². The van der Waals surface area contributed by atoms with E-state index in [1.54, 1.807) is 0 Å². The molecule has 1 N–H and O–H groups in total. The first-order valence-electron chi connectivity index (χ1n) is 8.83. The molecule has 3 heteroatoms. The van der Waals surface area contributed by atoms with Crippen LogP contribution in [0.4, 0.5) is 0 Å². The molecule has 2 aliphatic rings. The van der Waals surface area contributed by atoms with Crippen molar-refractivity contribution in [3.63, 3.8) is 0 Å². The Morgan fingerprint density at radius 2 is 1.85 bits per heavy atom. The Balaban J connectivity index is 1.81. The average molecular weight is 282 g/mol. The van der Waals surface area contributed by atoms with E-state index in [9.17, 15) is 0 Å². The first-order chi connectivity index (χ1) is 9.73. The fourth-order valence-corrected chi connectivity index (χ4v) is 3.82. The number of piperazine rings is 1. The third-order valence-electron chi connectivity index (χ3n) is 5.59. The molecule has 20 heavy (non-hydrogen) atoms. The Labute approximate surface area is 125 Å². The second kappa shape index (κ2) is 7.77. The van der Waals surface area contributed by atoms with Crippen LogP contribution in [0.2, 0.25) is 0 Å². The predicted molar refractivity (Wildman–Crippen MR) is 85.2 cm³/mol. The van der Waals surface area contributed by atoms with E-state index in [0.29, 0.717) is 17.7 Å². The normalized spacial score (nSPS) is 28.1. The Kier molecular flexibility index (Phi) is 6.31. The molecule has 0 bridgehead atoms. The van der Waals surface area contributed by atoms with Crippen LogP contribution < -0.4 is 5.32 Å². The molecule has 1 atom stereocenters. The molecule has 1 saturated heterocycles. The van der Waals surface area contributed by atoms with Crippen molar-refractivity contribution in [2.45, 2.75) is 83.4 Å². The molecule has 1 heterocycles. The zero-order chi connectivity index (χ0) is 14.4. The van der Waals surface area contributed by atoms with Crippen LogP contribution in [-0.4, -0.2) is 48.8 Å². The Morgan fingerprint density at radius 1 is 1.15 bits per heavy atom. The van der Waals surface area contributed by atoms with Gasteiger partial charge in [0, 0.05) is 31.2 Å². The smallest absolute Gasteiger partial charge is 0.0597 e. The molecule has 0 aromatic carbocycles. The van der Waals surface area contributed by atoms with Gasteiger partial charge in [-0.2, -0.15) is 0 Å². The largest absolute Gasteiger partial charge is 0.377 e. The third-order valence-corrected chi connectivity index (χ3v) is 5.59. The van der Waals surface area contributed by atoms with Gasteiger partial charge >= 0.3 is 0 Å². The summed E-state index contributed by atoms with van der Waals surface area (Å²) < 4.78 is 6.07. The van der Waals surface area contributed by atoms with E-state index in [-0.39, 0.29) is 0 Å². The minimum Gasteiger partial charge on any atom is -0.377 e. The summed E-state index contributed by atoms with van der Waals surface area (Å²) in [5.41, 5.74) is 0.332. The number of ether oxygens (including phenoxy) is 1. The van der Waals surface area contributed by atoms with Crippen molar-refractivity contribution in [2.24, 2.45) is 0 Å². The van der Waals surface area contributed by atoms with Gasteiger partial charge in [0.2, 0.25) is 0 Å². The van der Waals surface area contributed by atoms with Gasteiger partial charge in [0.25, 0.3) is 0 Å². The van der Waals surface area contributed by atoms with Crippen LogP contribution in [0, 0.1) is 0 Å². The summed E-state index contributed by atoms with van der Waals surface area (Å²) in [6, 6.07) is 0.688. The van der Waals surface area contributed by atoms with Crippen molar-refractivity contribution >= 4 is 0 Å². The summed E-state index contributed by atoms with van der Waals surface area (Å²) in [7, 11) is 0. The zero-order valence-corrected chi connectivity index (χ0v) is 13.8. The molecule has 3 nitrogen and oxygen atoms in total. The number of rotatable bonds is 7. The van der Waals surface area contributed by atoms with Gasteiger partial charge in [-0.25, -0.2) is 0 Å². The number of hydrogen-bond acceptors (Lipinski definition) is 3. The molecule has 0 aromatic heterocycles. The first-order valence-corrected chi connectivity index (χ1v) is 8.83. The number of nitrogens with zero attached hydrogens (tertiary/aromatic N) is 1. The molecule has 0 amide bonds. The van der Waals surface area contributed by atoms with E-state index >= 15 is 0 Å². The molecular formula is C17H34N2O. The van der Waals surface area contributed by atoms with Crippen LogP contribution in [0.25, 0.3) is 0 Å². The zero-order valence-electron chi connectivity index (χ0n) is 13.8. The second-order valence-corrected chi connectivity index (χ2v) is 6.68. The summed E-state index contributed by atoms with van der Waals surface area (Å²) in [5, 5.41) is 3.81. The Bertz CT molecular complexity index is 272. The Hall–Kier alpha value is -0.120. The lowest BCUT2D eigenvalue weighted by atomic mass is 9.88. The van der Waals surface area contributed by atoms with Gasteiger partial charge in [0.1, 0.15) is 0 Å². The van der Waals surface area contributed by atoms with E-state index in [0.717, 1.165) is 19.7 Å². The molecule has 2 rings (SSSR count). The van der Waals surface area contributed by atoms with E-state index in [4.69, 9.17) is 4.74 Å². The van der Waals surface area contributed by atoms with Crippen molar-refractivity contribution in [1.29, 1.82) is 0 Å². The van der Waals surface area contributed by atoms with Crippen molar-refractivity contribution in [3.05, 3.63) is 0 Å². The number of hydrogen-bond donors (Lipinski definition) is 1. The van der Waals surface area contributed by atoms with Crippen LogP contribution in [0.3, 0.4) is 0 Å². The molecule has 118 valence electrons. The highest BCUT2D eigenvalue weighted by atomic mass is 16.5. The molecule has 1 aliphatic heterocycles. The topological polar surface area (TPSA) is 24.5 Å². The van der Waals surface area contributed by atoms with Crippen molar-refractivity contribution in [2.75, 3.05) is 26.2 Å². The van der Waals surface area contributed by atoms with Crippen LogP contribution in [-0.2, 0) is 4.74 Å². The molecule has 0 radical (unpaired) electrons. The number of nitrogens with one attached hydrogen (secondary N) is 1. The summed E-state index contributed by atoms with van der Waals surface area (Å²) in [5.74, 6) is 0. The molecule has 1 unspecified atom stereocenters. The minimum absolute atomic E-state index is 0.332. The molecule has 1 aliphatic carbocycles. The van der Waals surface area contributed by atoms with E-state index < -0.39 is 0 Å². The fourth-order valence-electron chi connectivity index (χ4n) is 3.82. The predicted octanol–water partition coefficient (Wildman–Crippen LogP) is 3.19. The van der Waals surface area contributed by atoms with Crippen LogP contribution in [0.15, 0.2) is 0 Å². The van der Waals surface area contributed by atoms with Crippen molar-refractivity contribution in [3.8, 4) is 0 Å². The first kappa shape index (κ1) is 16.3. The van der Waals surface area contributed by atoms with Crippen LogP contribution >= 0.6 is 0 Å². The van der Waals surface area contributed by atoms with Gasteiger partial charge in [-0.1, -0.05) is 33.6 Å². The van der Waals surface area contributed by atoms with Crippen LogP contribution in [0.1, 0.15) is 65.7 Å². The lowest BCUT2D eigenvalue weighted by molar-refractivity contribution is 0.00907. The average Bonchev–Trinajstić information content (AvgIpc) is 3.00. The minimum atomic E-state index is 0.332. The highest BCUT2D eigenvalue weighted by Gasteiger charge is 2.35. The van der Waals surface area contributed by atoms with Gasteiger partial charge in [0.15, 0.2) is 0 Å². The Morgan fingerprint density at radius 3 is 2.45 bits per heavy atom. The monoisotopic (exact) mass is 282 g/mol. The highest BCUT2D eigenvalue weighted by Crippen LogP contribution is 2.24. The van der Waals surface area contributed by atoms with Crippen molar-refractivity contribution in [1.82, 2.24) is 10.2 Å². The summed E-state index contributed by atoms with van der Waals surface area (Å²) in [4.78, 5) is 2.68. The quantitative estimate of drug-likeness (QED) is 0.776. The maximum atomic E-state index is 6.07. The van der Waals surface area contributed by atoms with Gasteiger partial charge in [0.05, 0.1) is 12.7 Å². The molecule has 2 fully saturated rings. The lowest BCUT2D eigenvalue weighted by Gasteiger charge is -2.47. The highest BCUT2D eigenvalue weighted by molar-refractivity contribution is 4.96. The van der Waals surface area contributed by atoms with E-state index in [2.05, 4.69) is 31.0 Å². The van der Waals surface area contributed by atoms with Gasteiger partial charge in [-0.05, 0) is 32.1 Å². The standard InChI is InChI=1S/C17H34N2O/c1-4-15-13-18-17(5-2,6-3)14-19(15)11-12-20-16-9-7-8-10-16/h15-16,18H,4-14H2,1-3H3. The van der Waals surface area contributed by atoms with Gasteiger partial charge < -0.3 is 10.1 Å².